The van der Waals surface area contributed by atoms with Gasteiger partial charge in [-0.1, -0.05) is 12.1 Å². The van der Waals surface area contributed by atoms with Crippen molar-refractivity contribution in [2.45, 2.75) is 6.42 Å². The van der Waals surface area contributed by atoms with Crippen molar-refractivity contribution in [3.63, 3.8) is 0 Å². The second-order valence-corrected chi connectivity index (χ2v) is 5.14. The summed E-state index contributed by atoms with van der Waals surface area (Å²) in [6.07, 6.45) is 1.86. The third kappa shape index (κ3) is 3.98. The van der Waals surface area contributed by atoms with E-state index in [0.717, 1.165) is 18.2 Å². The highest BCUT2D eigenvalue weighted by atomic mass is 35.5. The molecule has 1 aromatic carbocycles. The summed E-state index contributed by atoms with van der Waals surface area (Å²) < 4.78 is 24.3. The summed E-state index contributed by atoms with van der Waals surface area (Å²) in [5.74, 6) is 0.530. The van der Waals surface area contributed by atoms with Crippen molar-refractivity contribution in [3.05, 3.63) is 29.8 Å². The minimum atomic E-state index is -3.19. The maximum atomic E-state index is 10.9. The topological polar surface area (TPSA) is 46.2 Å². The Kier molecular flexibility index (Phi) is 3.77. The second kappa shape index (κ2) is 4.66. The fourth-order valence-electron chi connectivity index (χ4n) is 1.11. The molecule has 1 aromatic rings. The molecular weight excluding hydrogens is 222 g/mol. The predicted molar refractivity (Wildman–Crippen MR) is 59.3 cm³/mol. The Labute approximate surface area is 89.1 Å². The molecule has 0 aliphatic rings. The van der Waals surface area contributed by atoms with Gasteiger partial charge in [-0.05, 0) is 24.1 Å². The average Bonchev–Trinajstić information content (AvgIpc) is 2.02. The van der Waals surface area contributed by atoms with Gasteiger partial charge < -0.3 is 0 Å². The lowest BCUT2D eigenvalue weighted by Crippen LogP contribution is -2.09. The van der Waals surface area contributed by atoms with Gasteiger partial charge in [-0.25, -0.2) is 8.42 Å². The van der Waals surface area contributed by atoms with Crippen LogP contribution in [-0.4, -0.2) is 20.6 Å². The molecule has 0 saturated heterocycles. The number of anilines is 1. The van der Waals surface area contributed by atoms with Crippen LogP contribution in [0.4, 0.5) is 5.69 Å². The lowest BCUT2D eigenvalue weighted by atomic mass is 10.1. The van der Waals surface area contributed by atoms with Crippen LogP contribution in [0.15, 0.2) is 24.3 Å². The lowest BCUT2D eigenvalue weighted by molar-refractivity contribution is 0.607. The van der Waals surface area contributed by atoms with Crippen molar-refractivity contribution in [2.24, 2.45) is 0 Å². The first kappa shape index (κ1) is 11.3. The highest BCUT2D eigenvalue weighted by molar-refractivity contribution is 7.92. The summed E-state index contributed by atoms with van der Waals surface area (Å²) in [7, 11) is -3.19. The zero-order chi connectivity index (χ0) is 10.6. The first-order valence-corrected chi connectivity index (χ1v) is 6.56. The van der Waals surface area contributed by atoms with E-state index in [2.05, 4.69) is 4.72 Å². The molecular formula is C9H12ClNO2S. The molecule has 3 nitrogen and oxygen atoms in total. The lowest BCUT2D eigenvalue weighted by Gasteiger charge is -2.05. The molecule has 0 radical (unpaired) electrons. The van der Waals surface area contributed by atoms with Crippen molar-refractivity contribution < 1.29 is 8.42 Å². The third-order valence-electron chi connectivity index (χ3n) is 1.61. The van der Waals surface area contributed by atoms with E-state index in [-0.39, 0.29) is 0 Å². The number of hydrogen-bond acceptors (Lipinski definition) is 2. The van der Waals surface area contributed by atoms with E-state index in [9.17, 15) is 8.42 Å². The summed E-state index contributed by atoms with van der Waals surface area (Å²) in [6, 6.07) is 7.20. The Morgan fingerprint density at radius 3 is 2.71 bits per heavy atom. The number of nitrogens with one attached hydrogen (secondary N) is 1. The summed E-state index contributed by atoms with van der Waals surface area (Å²) in [5.41, 5.74) is 1.60. The number of alkyl halides is 1. The molecule has 0 aliphatic carbocycles. The molecule has 14 heavy (non-hydrogen) atoms. The molecule has 0 fully saturated rings. The maximum absolute atomic E-state index is 10.9. The van der Waals surface area contributed by atoms with E-state index in [4.69, 9.17) is 11.6 Å². The molecule has 1 rings (SSSR count). The van der Waals surface area contributed by atoms with Gasteiger partial charge in [0.1, 0.15) is 0 Å². The Morgan fingerprint density at radius 2 is 2.14 bits per heavy atom. The molecule has 0 spiro atoms. The fraction of sp³-hybridized carbons (Fsp3) is 0.333. The van der Waals surface area contributed by atoms with Crippen molar-refractivity contribution in [2.75, 3.05) is 16.9 Å². The zero-order valence-corrected chi connectivity index (χ0v) is 9.40. The molecule has 0 aromatic heterocycles. The van der Waals surface area contributed by atoms with Gasteiger partial charge in [0.15, 0.2) is 0 Å². The van der Waals surface area contributed by atoms with Crippen LogP contribution in [0.1, 0.15) is 5.56 Å². The maximum Gasteiger partial charge on any atom is 0.229 e. The highest BCUT2D eigenvalue weighted by Gasteiger charge is 2.01. The molecule has 5 heteroatoms. The summed E-state index contributed by atoms with van der Waals surface area (Å²) in [4.78, 5) is 0. The number of rotatable bonds is 4. The van der Waals surface area contributed by atoms with Crippen LogP contribution >= 0.6 is 11.6 Å². The standard InChI is InChI=1S/C9H12ClNO2S/c1-14(12,13)11-9-4-2-3-8(7-9)5-6-10/h2-4,7,11H,5-6H2,1H3. The molecule has 0 amide bonds. The van der Waals surface area contributed by atoms with Gasteiger partial charge in [-0.3, -0.25) is 4.72 Å². The van der Waals surface area contributed by atoms with E-state index in [0.29, 0.717) is 11.6 Å². The Morgan fingerprint density at radius 1 is 1.43 bits per heavy atom. The number of sulfonamides is 1. The van der Waals surface area contributed by atoms with Crippen LogP contribution in [0.5, 0.6) is 0 Å². The number of benzene rings is 1. The minimum absolute atomic E-state index is 0.530. The molecule has 0 unspecified atom stereocenters. The van der Waals surface area contributed by atoms with E-state index in [1.807, 2.05) is 6.07 Å². The largest absolute Gasteiger partial charge is 0.284 e. The monoisotopic (exact) mass is 233 g/mol. The van der Waals surface area contributed by atoms with Crippen molar-refractivity contribution in [3.8, 4) is 0 Å². The van der Waals surface area contributed by atoms with Crippen molar-refractivity contribution in [1.82, 2.24) is 0 Å². The third-order valence-corrected chi connectivity index (χ3v) is 2.41. The Balaban J connectivity index is 2.83. The normalized spacial score (nSPS) is 11.3. The van der Waals surface area contributed by atoms with Gasteiger partial charge in [0, 0.05) is 11.6 Å². The van der Waals surface area contributed by atoms with Gasteiger partial charge in [0.05, 0.1) is 6.26 Å². The number of hydrogen-bond donors (Lipinski definition) is 1. The average molecular weight is 234 g/mol. The first-order chi connectivity index (χ1) is 6.51. The van der Waals surface area contributed by atoms with E-state index < -0.39 is 10.0 Å². The van der Waals surface area contributed by atoms with Crippen LogP contribution < -0.4 is 4.72 Å². The first-order valence-electron chi connectivity index (χ1n) is 4.14. The van der Waals surface area contributed by atoms with Crippen LogP contribution in [0.2, 0.25) is 0 Å². The molecule has 78 valence electrons. The predicted octanol–water partition coefficient (Wildman–Crippen LogP) is 1.84. The van der Waals surface area contributed by atoms with Crippen LogP contribution in [0.3, 0.4) is 0 Å². The second-order valence-electron chi connectivity index (χ2n) is 3.01. The molecule has 0 heterocycles. The minimum Gasteiger partial charge on any atom is -0.284 e. The molecule has 0 saturated carbocycles. The fourth-order valence-corrected chi connectivity index (χ4v) is 1.89. The molecule has 0 bridgehead atoms. The van der Waals surface area contributed by atoms with E-state index in [1.54, 1.807) is 18.2 Å². The van der Waals surface area contributed by atoms with Gasteiger partial charge in [-0.15, -0.1) is 11.6 Å². The smallest absolute Gasteiger partial charge is 0.229 e. The summed E-state index contributed by atoms with van der Waals surface area (Å²) in [5, 5.41) is 0. The van der Waals surface area contributed by atoms with Crippen LogP contribution in [0, 0.1) is 0 Å². The number of halogens is 1. The Bertz CT molecular complexity index is 403. The highest BCUT2D eigenvalue weighted by Crippen LogP contribution is 2.12. The van der Waals surface area contributed by atoms with Gasteiger partial charge in [0.25, 0.3) is 0 Å². The van der Waals surface area contributed by atoms with Crippen molar-refractivity contribution >= 4 is 27.3 Å². The van der Waals surface area contributed by atoms with E-state index in [1.165, 1.54) is 0 Å². The SMILES string of the molecule is CS(=O)(=O)Nc1cccc(CCCl)c1. The van der Waals surface area contributed by atoms with E-state index >= 15 is 0 Å². The molecule has 1 N–H and O–H groups in total. The number of aryl methyl sites for hydroxylation is 1. The zero-order valence-electron chi connectivity index (χ0n) is 7.83. The van der Waals surface area contributed by atoms with Crippen LogP contribution in [0.25, 0.3) is 0 Å². The van der Waals surface area contributed by atoms with Crippen molar-refractivity contribution in [1.29, 1.82) is 0 Å². The van der Waals surface area contributed by atoms with Crippen LogP contribution in [-0.2, 0) is 16.4 Å². The van der Waals surface area contributed by atoms with Gasteiger partial charge >= 0.3 is 0 Å². The quantitative estimate of drug-likeness (QED) is 0.807. The summed E-state index contributed by atoms with van der Waals surface area (Å²) in [6.45, 7) is 0. The van der Waals surface area contributed by atoms with Gasteiger partial charge in [0.2, 0.25) is 10.0 Å². The Hall–Kier alpha value is -0.740. The molecule has 0 aliphatic heterocycles. The summed E-state index contributed by atoms with van der Waals surface area (Å²) >= 11 is 5.58. The molecule has 0 atom stereocenters. The van der Waals surface area contributed by atoms with Gasteiger partial charge in [-0.2, -0.15) is 0 Å².